The first-order valence-corrected chi connectivity index (χ1v) is 7.57. The molecule has 0 aromatic heterocycles. The van der Waals surface area contributed by atoms with Crippen LogP contribution >= 0.6 is 34.4 Å². The number of nitriles is 1. The number of carbonyl (C=O) groups excluding carboxylic acids is 1. The van der Waals surface area contributed by atoms with Gasteiger partial charge in [-0.25, -0.2) is 4.79 Å². The van der Waals surface area contributed by atoms with E-state index in [2.05, 4.69) is 33.2 Å². The highest BCUT2D eigenvalue weighted by Gasteiger charge is 2.05. The minimum atomic E-state index is -0.296. The van der Waals surface area contributed by atoms with Crippen molar-refractivity contribution >= 4 is 51.8 Å². The Morgan fingerprint density at radius 3 is 2.45 bits per heavy atom. The summed E-state index contributed by atoms with van der Waals surface area (Å²) in [4.78, 5) is 12.7. The van der Waals surface area contributed by atoms with E-state index < -0.39 is 0 Å². The molecule has 0 bridgehead atoms. The van der Waals surface area contributed by atoms with Crippen molar-refractivity contribution < 1.29 is 4.79 Å². The molecule has 0 saturated heterocycles. The van der Waals surface area contributed by atoms with Gasteiger partial charge in [-0.15, -0.1) is 0 Å². The third-order valence-corrected chi connectivity index (χ3v) is 3.94. The average molecular weight is 395 g/mol. The number of benzene rings is 2. The van der Waals surface area contributed by atoms with Crippen molar-refractivity contribution in [3.8, 4) is 5.40 Å². The molecule has 0 aliphatic rings. The van der Waals surface area contributed by atoms with Gasteiger partial charge in [0.05, 0.1) is 5.69 Å². The van der Waals surface area contributed by atoms with Gasteiger partial charge < -0.3 is 10.6 Å². The molecule has 20 heavy (non-hydrogen) atoms. The van der Waals surface area contributed by atoms with Crippen LogP contribution in [-0.2, 0) is 0 Å². The van der Waals surface area contributed by atoms with Crippen molar-refractivity contribution in [2.24, 2.45) is 0 Å². The lowest BCUT2D eigenvalue weighted by Gasteiger charge is -2.09. The van der Waals surface area contributed by atoms with E-state index in [9.17, 15) is 4.79 Å². The number of para-hydroxylation sites is 1. The number of hydrogen-bond donors (Lipinski definition) is 2. The van der Waals surface area contributed by atoms with Gasteiger partial charge >= 0.3 is 6.03 Å². The van der Waals surface area contributed by atoms with Crippen LogP contribution < -0.4 is 10.6 Å². The summed E-state index contributed by atoms with van der Waals surface area (Å²) in [6, 6.07) is 14.3. The molecule has 0 saturated carbocycles. The normalized spacial score (nSPS) is 9.60. The fourth-order valence-electron chi connectivity index (χ4n) is 1.51. The van der Waals surface area contributed by atoms with Gasteiger partial charge in [0.25, 0.3) is 0 Å². The van der Waals surface area contributed by atoms with Crippen molar-refractivity contribution in [3.05, 3.63) is 52.1 Å². The average Bonchev–Trinajstić information content (AvgIpc) is 2.44. The monoisotopic (exact) mass is 395 g/mol. The molecular formula is C14H10IN3OS. The first kappa shape index (κ1) is 14.7. The highest BCUT2D eigenvalue weighted by molar-refractivity contribution is 14.1. The first-order valence-electron chi connectivity index (χ1n) is 5.67. The Labute approximate surface area is 134 Å². The summed E-state index contributed by atoms with van der Waals surface area (Å²) in [5.74, 6) is 0. The van der Waals surface area contributed by atoms with Crippen LogP contribution in [0.4, 0.5) is 16.2 Å². The molecule has 2 N–H and O–H groups in total. The molecule has 0 aliphatic carbocycles. The second-order valence-electron chi connectivity index (χ2n) is 3.78. The Morgan fingerprint density at radius 1 is 1.10 bits per heavy atom. The fraction of sp³-hybridized carbons (Fsp3) is 0. The van der Waals surface area contributed by atoms with Crippen LogP contribution in [0.3, 0.4) is 0 Å². The third kappa shape index (κ3) is 4.15. The molecule has 2 amide bonds. The molecule has 0 spiro atoms. The SMILES string of the molecule is N#CSc1ccc(NC(=O)Nc2ccccc2I)cc1. The van der Waals surface area contributed by atoms with Crippen molar-refractivity contribution in [2.75, 3.05) is 10.6 Å². The number of amides is 2. The van der Waals surface area contributed by atoms with Crippen LogP contribution in [0.15, 0.2) is 53.4 Å². The van der Waals surface area contributed by atoms with E-state index >= 15 is 0 Å². The van der Waals surface area contributed by atoms with Crippen LogP contribution in [0.1, 0.15) is 0 Å². The van der Waals surface area contributed by atoms with E-state index in [1.54, 1.807) is 24.3 Å². The number of thioether (sulfide) groups is 1. The van der Waals surface area contributed by atoms with Crippen LogP contribution in [0, 0.1) is 14.2 Å². The molecule has 2 rings (SSSR count). The van der Waals surface area contributed by atoms with E-state index in [1.807, 2.05) is 29.7 Å². The molecule has 0 aliphatic heterocycles. The second kappa shape index (κ2) is 7.17. The number of hydrogen-bond acceptors (Lipinski definition) is 3. The molecular weight excluding hydrogens is 385 g/mol. The highest BCUT2D eigenvalue weighted by Crippen LogP contribution is 2.20. The van der Waals surface area contributed by atoms with Gasteiger partial charge in [-0.2, -0.15) is 5.26 Å². The summed E-state index contributed by atoms with van der Waals surface area (Å²) in [6.07, 6.45) is 0. The van der Waals surface area contributed by atoms with E-state index in [0.29, 0.717) is 5.69 Å². The van der Waals surface area contributed by atoms with Crippen molar-refractivity contribution in [1.29, 1.82) is 5.26 Å². The standard InChI is InChI=1S/C14H10IN3OS/c15-12-3-1-2-4-13(12)18-14(19)17-10-5-7-11(8-6-10)20-9-16/h1-8H,(H2,17,18,19). The van der Waals surface area contributed by atoms with Crippen molar-refractivity contribution in [1.82, 2.24) is 0 Å². The first-order chi connectivity index (χ1) is 9.69. The predicted octanol–water partition coefficient (Wildman–Crippen LogP) is 4.51. The molecule has 0 radical (unpaired) electrons. The number of anilines is 2. The van der Waals surface area contributed by atoms with Gasteiger partial charge in [0.1, 0.15) is 5.40 Å². The molecule has 4 nitrogen and oxygen atoms in total. The second-order valence-corrected chi connectivity index (χ2v) is 5.80. The van der Waals surface area contributed by atoms with Gasteiger partial charge in [0.15, 0.2) is 0 Å². The Hall–Kier alpha value is -1.72. The smallest absolute Gasteiger partial charge is 0.308 e. The molecule has 100 valence electrons. The molecule has 0 unspecified atom stereocenters. The van der Waals surface area contributed by atoms with Crippen LogP contribution in [-0.4, -0.2) is 6.03 Å². The molecule has 2 aromatic rings. The fourth-order valence-corrected chi connectivity index (χ4v) is 2.41. The molecule has 0 atom stereocenters. The summed E-state index contributed by atoms with van der Waals surface area (Å²) < 4.78 is 0.973. The number of nitrogens with zero attached hydrogens (tertiary/aromatic N) is 1. The van der Waals surface area contributed by atoms with Crippen LogP contribution in [0.5, 0.6) is 0 Å². The maximum Gasteiger partial charge on any atom is 0.323 e. The third-order valence-electron chi connectivity index (χ3n) is 2.40. The quantitative estimate of drug-likeness (QED) is 0.457. The summed E-state index contributed by atoms with van der Waals surface area (Å²) in [5, 5.41) is 16.1. The molecule has 2 aromatic carbocycles. The Kier molecular flexibility index (Phi) is 5.26. The molecule has 0 heterocycles. The van der Waals surface area contributed by atoms with Crippen molar-refractivity contribution in [2.45, 2.75) is 4.90 Å². The summed E-state index contributed by atoms with van der Waals surface area (Å²) >= 11 is 3.25. The maximum absolute atomic E-state index is 11.9. The van der Waals surface area contributed by atoms with Crippen LogP contribution in [0.25, 0.3) is 0 Å². The predicted molar refractivity (Wildman–Crippen MR) is 89.7 cm³/mol. The zero-order valence-electron chi connectivity index (χ0n) is 10.3. The Balaban J connectivity index is 1.98. The van der Waals surface area contributed by atoms with Crippen LogP contribution in [0.2, 0.25) is 0 Å². The number of nitrogens with one attached hydrogen (secondary N) is 2. The lowest BCUT2D eigenvalue weighted by molar-refractivity contribution is 0.262. The Morgan fingerprint density at radius 2 is 1.80 bits per heavy atom. The van der Waals surface area contributed by atoms with Gasteiger partial charge in [0.2, 0.25) is 0 Å². The highest BCUT2D eigenvalue weighted by atomic mass is 127. The van der Waals surface area contributed by atoms with Crippen molar-refractivity contribution in [3.63, 3.8) is 0 Å². The zero-order chi connectivity index (χ0) is 14.4. The van der Waals surface area contributed by atoms with Gasteiger partial charge in [0, 0.05) is 14.2 Å². The van der Waals surface area contributed by atoms with Gasteiger partial charge in [-0.05, 0) is 70.8 Å². The molecule has 0 fully saturated rings. The Bertz CT molecular complexity index is 652. The maximum atomic E-state index is 11.9. The van der Waals surface area contributed by atoms with E-state index in [1.165, 1.54) is 0 Å². The van der Waals surface area contributed by atoms with E-state index in [-0.39, 0.29) is 6.03 Å². The number of thiocyanates is 1. The zero-order valence-corrected chi connectivity index (χ0v) is 13.2. The number of carbonyl (C=O) groups is 1. The lowest BCUT2D eigenvalue weighted by Crippen LogP contribution is -2.19. The number of rotatable bonds is 3. The molecule has 6 heteroatoms. The number of halogens is 1. The summed E-state index contributed by atoms with van der Waals surface area (Å²) in [5.41, 5.74) is 1.44. The minimum Gasteiger partial charge on any atom is -0.308 e. The van der Waals surface area contributed by atoms with E-state index in [4.69, 9.17) is 5.26 Å². The van der Waals surface area contributed by atoms with E-state index in [0.717, 1.165) is 25.9 Å². The minimum absolute atomic E-state index is 0.296. The topological polar surface area (TPSA) is 64.9 Å². The van der Waals surface area contributed by atoms with Gasteiger partial charge in [-0.1, -0.05) is 12.1 Å². The number of urea groups is 1. The summed E-state index contributed by atoms with van der Waals surface area (Å²) in [6.45, 7) is 0. The largest absolute Gasteiger partial charge is 0.323 e. The summed E-state index contributed by atoms with van der Waals surface area (Å²) in [7, 11) is 0. The lowest BCUT2D eigenvalue weighted by atomic mass is 10.3. The van der Waals surface area contributed by atoms with Gasteiger partial charge in [-0.3, -0.25) is 0 Å².